The number of fused-ring (bicyclic) bond motifs is 7. The van der Waals surface area contributed by atoms with Crippen molar-refractivity contribution in [3.63, 3.8) is 0 Å². The van der Waals surface area contributed by atoms with Gasteiger partial charge in [-0.25, -0.2) is 0 Å². The lowest BCUT2D eigenvalue weighted by molar-refractivity contribution is 0.590. The Balaban J connectivity index is 1.70. The fourth-order valence-corrected chi connectivity index (χ4v) is 5.55. The second kappa shape index (κ2) is 7.56. The molecule has 0 radical (unpaired) electrons. The summed E-state index contributed by atoms with van der Waals surface area (Å²) in [5.41, 5.74) is 9.43. The van der Waals surface area contributed by atoms with Gasteiger partial charge in [-0.05, 0) is 47.4 Å². The minimum Gasteiger partial charge on any atom is -0.307 e. The molecule has 0 fully saturated rings. The van der Waals surface area contributed by atoms with Crippen molar-refractivity contribution in [1.82, 2.24) is 14.1 Å². The summed E-state index contributed by atoms with van der Waals surface area (Å²) in [4.78, 5) is 5.06. The zero-order valence-corrected chi connectivity index (χ0v) is 20.7. The van der Waals surface area contributed by atoms with Crippen LogP contribution in [0.5, 0.6) is 0 Å². The number of nitrogens with zero attached hydrogens (tertiary/aromatic N) is 3. The summed E-state index contributed by atoms with van der Waals surface area (Å²) in [7, 11) is 0. The van der Waals surface area contributed by atoms with Crippen LogP contribution in [0.25, 0.3) is 55.1 Å². The fourth-order valence-electron chi connectivity index (χ4n) is 5.55. The van der Waals surface area contributed by atoms with Gasteiger partial charge in [0, 0.05) is 33.7 Å². The summed E-state index contributed by atoms with van der Waals surface area (Å²) in [6, 6.07) is 36.9. The van der Waals surface area contributed by atoms with Crippen LogP contribution in [0.15, 0.2) is 109 Å². The number of hydrogen-bond acceptors (Lipinski definition) is 1. The number of hydrogen-bond donors (Lipinski definition) is 0. The molecule has 0 amide bonds. The van der Waals surface area contributed by atoms with Gasteiger partial charge in [0.15, 0.2) is 0 Å². The van der Waals surface area contributed by atoms with Gasteiger partial charge in [0.2, 0.25) is 0 Å². The summed E-state index contributed by atoms with van der Waals surface area (Å²) < 4.78 is 4.79. The lowest BCUT2D eigenvalue weighted by Gasteiger charge is -2.19. The van der Waals surface area contributed by atoms with E-state index in [1.165, 1.54) is 32.9 Å². The molecule has 0 spiro atoms. The average molecular weight is 466 g/mol. The first-order chi connectivity index (χ1) is 17.5. The normalized spacial score (nSPS) is 12.3. The number of benzene rings is 4. The van der Waals surface area contributed by atoms with Crippen LogP contribution in [0.1, 0.15) is 26.3 Å². The van der Waals surface area contributed by atoms with Crippen LogP contribution >= 0.6 is 0 Å². The average Bonchev–Trinajstić information content (AvgIpc) is 3.42. The van der Waals surface area contributed by atoms with Gasteiger partial charge in [-0.2, -0.15) is 0 Å². The largest absolute Gasteiger partial charge is 0.307 e. The van der Waals surface area contributed by atoms with Gasteiger partial charge < -0.3 is 9.13 Å². The maximum absolute atomic E-state index is 5.06. The summed E-state index contributed by atoms with van der Waals surface area (Å²) >= 11 is 0. The molecular weight excluding hydrogens is 438 g/mol. The number of aromatic nitrogens is 3. The van der Waals surface area contributed by atoms with Crippen molar-refractivity contribution in [2.24, 2.45) is 0 Å². The maximum atomic E-state index is 5.06. The van der Waals surface area contributed by atoms with Crippen molar-refractivity contribution < 1.29 is 0 Å². The van der Waals surface area contributed by atoms with Gasteiger partial charge in [-0.3, -0.25) is 4.98 Å². The molecule has 0 aliphatic rings. The van der Waals surface area contributed by atoms with Crippen molar-refractivity contribution >= 4 is 43.7 Å². The zero-order valence-electron chi connectivity index (χ0n) is 20.7. The fraction of sp³-hybridized carbons (Fsp3) is 0.121. The Labute approximate surface area is 210 Å². The molecular formula is C33H27N3. The molecule has 3 aromatic heterocycles. The molecule has 0 saturated heterocycles. The third-order valence-electron chi connectivity index (χ3n) is 7.31. The van der Waals surface area contributed by atoms with E-state index < -0.39 is 0 Å². The zero-order chi connectivity index (χ0) is 24.4. The van der Waals surface area contributed by atoms with Gasteiger partial charge in [0.25, 0.3) is 0 Å². The molecule has 0 atom stereocenters. The Morgan fingerprint density at radius 1 is 0.528 bits per heavy atom. The molecule has 4 aromatic carbocycles. The summed E-state index contributed by atoms with van der Waals surface area (Å²) in [6.07, 6.45) is 2.05. The van der Waals surface area contributed by atoms with Crippen LogP contribution in [-0.4, -0.2) is 14.1 Å². The number of pyridine rings is 1. The Kier molecular flexibility index (Phi) is 4.40. The first kappa shape index (κ1) is 21.0. The van der Waals surface area contributed by atoms with E-state index in [9.17, 15) is 0 Å². The van der Waals surface area contributed by atoms with Gasteiger partial charge >= 0.3 is 0 Å². The van der Waals surface area contributed by atoms with E-state index in [0.29, 0.717) is 0 Å². The SMILES string of the molecule is CC(C)(C)c1ccc(-n2c3ccccc3c3ncc4c5ccccc5n(-c5ccccc5)c4c32)cc1. The third-order valence-corrected chi connectivity index (χ3v) is 7.31. The highest BCUT2D eigenvalue weighted by molar-refractivity contribution is 6.22. The van der Waals surface area contributed by atoms with Crippen molar-refractivity contribution in [2.75, 3.05) is 0 Å². The monoisotopic (exact) mass is 465 g/mol. The first-order valence-electron chi connectivity index (χ1n) is 12.5. The highest BCUT2D eigenvalue weighted by atomic mass is 15.1. The lowest BCUT2D eigenvalue weighted by atomic mass is 9.87. The quantitative estimate of drug-likeness (QED) is 0.251. The van der Waals surface area contributed by atoms with Crippen molar-refractivity contribution in [2.45, 2.75) is 26.2 Å². The van der Waals surface area contributed by atoms with E-state index in [1.807, 2.05) is 0 Å². The van der Waals surface area contributed by atoms with Gasteiger partial charge in [0.05, 0.1) is 27.6 Å². The van der Waals surface area contributed by atoms with E-state index in [4.69, 9.17) is 4.98 Å². The van der Waals surface area contributed by atoms with Crippen LogP contribution in [0.4, 0.5) is 0 Å². The molecule has 0 saturated carbocycles. The summed E-state index contributed by atoms with van der Waals surface area (Å²) in [5.74, 6) is 0. The Bertz CT molecular complexity index is 1900. The second-order valence-corrected chi connectivity index (χ2v) is 10.6. The predicted molar refractivity (Wildman–Crippen MR) is 152 cm³/mol. The molecule has 7 aromatic rings. The highest BCUT2D eigenvalue weighted by Crippen LogP contribution is 2.40. The number of para-hydroxylation sites is 3. The molecule has 3 nitrogen and oxygen atoms in total. The van der Waals surface area contributed by atoms with Crippen LogP contribution < -0.4 is 0 Å². The summed E-state index contributed by atoms with van der Waals surface area (Å²) in [6.45, 7) is 6.77. The molecule has 0 aliphatic carbocycles. The molecule has 0 aliphatic heterocycles. The molecule has 174 valence electrons. The predicted octanol–water partition coefficient (Wildman–Crippen LogP) is 8.57. The van der Waals surface area contributed by atoms with Crippen LogP contribution in [0.2, 0.25) is 0 Å². The Morgan fingerprint density at radius 3 is 1.78 bits per heavy atom. The minimum atomic E-state index is 0.105. The molecule has 0 unspecified atom stereocenters. The molecule has 36 heavy (non-hydrogen) atoms. The van der Waals surface area contributed by atoms with Crippen molar-refractivity contribution in [3.05, 3.63) is 115 Å². The third kappa shape index (κ3) is 2.96. The standard InChI is InChI=1S/C33H27N3/c1-33(2,3)22-17-19-24(20-18-22)36-29-16-10-8-14-26(29)30-32(36)31-27(21-34-30)25-13-7-9-15-28(25)35(31)23-11-5-4-6-12-23/h4-21H,1-3H3. The molecule has 3 heteroatoms. The number of rotatable bonds is 2. The first-order valence-corrected chi connectivity index (χ1v) is 12.5. The van der Waals surface area contributed by atoms with Crippen LogP contribution in [-0.2, 0) is 5.41 Å². The Hall–Kier alpha value is -4.37. The molecule has 0 bridgehead atoms. The smallest absolute Gasteiger partial charge is 0.0985 e. The van der Waals surface area contributed by atoms with Crippen LogP contribution in [0, 0.1) is 0 Å². The van der Waals surface area contributed by atoms with Gasteiger partial charge in [-0.1, -0.05) is 87.5 Å². The van der Waals surface area contributed by atoms with E-state index >= 15 is 0 Å². The molecule has 7 rings (SSSR count). The molecule has 3 heterocycles. The van der Waals surface area contributed by atoms with Crippen LogP contribution in [0.3, 0.4) is 0 Å². The minimum absolute atomic E-state index is 0.105. The van der Waals surface area contributed by atoms with Crippen molar-refractivity contribution in [3.8, 4) is 11.4 Å². The van der Waals surface area contributed by atoms with E-state index in [-0.39, 0.29) is 5.41 Å². The van der Waals surface area contributed by atoms with Gasteiger partial charge in [0.1, 0.15) is 0 Å². The highest BCUT2D eigenvalue weighted by Gasteiger charge is 2.22. The summed E-state index contributed by atoms with van der Waals surface area (Å²) in [5, 5.41) is 3.54. The second-order valence-electron chi connectivity index (χ2n) is 10.6. The topological polar surface area (TPSA) is 22.8 Å². The van der Waals surface area contributed by atoms with Gasteiger partial charge in [-0.15, -0.1) is 0 Å². The van der Waals surface area contributed by atoms with E-state index in [0.717, 1.165) is 27.8 Å². The van der Waals surface area contributed by atoms with E-state index in [1.54, 1.807) is 0 Å². The molecule has 0 N–H and O–H groups in total. The maximum Gasteiger partial charge on any atom is 0.0985 e. The Morgan fingerprint density at radius 2 is 1.08 bits per heavy atom. The lowest BCUT2D eigenvalue weighted by Crippen LogP contribution is -2.10. The van der Waals surface area contributed by atoms with E-state index in [2.05, 4.69) is 139 Å². The van der Waals surface area contributed by atoms with Crippen molar-refractivity contribution in [1.29, 1.82) is 0 Å².